The first kappa shape index (κ1) is 26.1. The highest BCUT2D eigenvalue weighted by atomic mass is 35.5. The third-order valence-corrected chi connectivity index (χ3v) is 5.77. The van der Waals surface area contributed by atoms with E-state index in [9.17, 15) is 4.79 Å². The molecule has 0 saturated carbocycles. The van der Waals surface area contributed by atoms with Gasteiger partial charge < -0.3 is 10.2 Å². The van der Waals surface area contributed by atoms with Crippen molar-refractivity contribution in [3.63, 3.8) is 0 Å². The van der Waals surface area contributed by atoms with Gasteiger partial charge in [-0.15, -0.1) is 24.8 Å². The molecular formula is C21H28Cl3N3OS. The van der Waals surface area contributed by atoms with Gasteiger partial charge in [-0.2, -0.15) is 0 Å². The van der Waals surface area contributed by atoms with Crippen LogP contribution in [0.4, 0.5) is 10.5 Å². The summed E-state index contributed by atoms with van der Waals surface area (Å²) < 4.78 is 0. The van der Waals surface area contributed by atoms with Crippen molar-refractivity contribution in [2.24, 2.45) is 0 Å². The van der Waals surface area contributed by atoms with E-state index in [1.165, 1.54) is 17.3 Å². The molecule has 29 heavy (non-hydrogen) atoms. The number of carbonyl (C=O) groups is 1. The van der Waals surface area contributed by atoms with Gasteiger partial charge in [-0.3, -0.25) is 9.69 Å². The van der Waals surface area contributed by atoms with Gasteiger partial charge in [0.15, 0.2) is 0 Å². The molecule has 160 valence electrons. The molecule has 1 aliphatic heterocycles. The number of piperazine rings is 1. The highest BCUT2D eigenvalue weighted by Crippen LogP contribution is 2.14. The van der Waals surface area contributed by atoms with Crippen molar-refractivity contribution in [3.05, 3.63) is 65.2 Å². The molecule has 2 aromatic carbocycles. The van der Waals surface area contributed by atoms with Crippen LogP contribution in [0.5, 0.6) is 0 Å². The van der Waals surface area contributed by atoms with Crippen LogP contribution >= 0.6 is 48.2 Å². The first-order chi connectivity index (χ1) is 13.2. The molecule has 0 atom stereocenters. The summed E-state index contributed by atoms with van der Waals surface area (Å²) in [5.74, 6) is 0.851. The number of hydrogen-bond acceptors (Lipinski definition) is 4. The zero-order chi connectivity index (χ0) is 18.9. The van der Waals surface area contributed by atoms with E-state index < -0.39 is 0 Å². The molecule has 0 radical (unpaired) electrons. The highest BCUT2D eigenvalue weighted by molar-refractivity contribution is 8.13. The molecule has 0 bridgehead atoms. The van der Waals surface area contributed by atoms with E-state index in [4.69, 9.17) is 11.6 Å². The first-order valence-electron chi connectivity index (χ1n) is 9.37. The molecule has 1 amide bonds. The van der Waals surface area contributed by atoms with Crippen LogP contribution in [0.25, 0.3) is 0 Å². The fraction of sp³-hybridized carbons (Fsp3) is 0.381. The molecule has 1 heterocycles. The van der Waals surface area contributed by atoms with E-state index in [1.54, 1.807) is 0 Å². The van der Waals surface area contributed by atoms with Gasteiger partial charge in [0.05, 0.1) is 0 Å². The van der Waals surface area contributed by atoms with Gasteiger partial charge >= 0.3 is 0 Å². The average Bonchev–Trinajstić information content (AvgIpc) is 2.69. The molecule has 1 aliphatic rings. The number of rotatable bonds is 7. The summed E-state index contributed by atoms with van der Waals surface area (Å²) in [5.41, 5.74) is 2.17. The second-order valence-electron chi connectivity index (χ2n) is 6.72. The maximum Gasteiger partial charge on any atom is 0.283 e. The third-order valence-electron chi connectivity index (χ3n) is 4.66. The second-order valence-corrected chi connectivity index (χ2v) is 8.23. The largest absolute Gasteiger partial charge is 0.317 e. The van der Waals surface area contributed by atoms with Gasteiger partial charge in [0.1, 0.15) is 0 Å². The molecule has 3 rings (SSSR count). The zero-order valence-corrected chi connectivity index (χ0v) is 19.5. The molecule has 4 nitrogen and oxygen atoms in total. The van der Waals surface area contributed by atoms with Crippen molar-refractivity contribution in [1.29, 1.82) is 0 Å². The van der Waals surface area contributed by atoms with Crippen LogP contribution in [0, 0.1) is 0 Å². The Hall–Kier alpha value is -0.950. The minimum atomic E-state index is 0. The number of hydrogen-bond donors (Lipinski definition) is 1. The first-order valence-corrected chi connectivity index (χ1v) is 10.7. The summed E-state index contributed by atoms with van der Waals surface area (Å²) in [7, 11) is 0. The molecule has 2 aromatic rings. The van der Waals surface area contributed by atoms with Crippen molar-refractivity contribution in [2.45, 2.75) is 13.0 Å². The monoisotopic (exact) mass is 475 g/mol. The van der Waals surface area contributed by atoms with E-state index >= 15 is 0 Å². The van der Waals surface area contributed by atoms with Crippen molar-refractivity contribution in [3.8, 4) is 0 Å². The lowest BCUT2D eigenvalue weighted by atomic mass is 10.2. The summed E-state index contributed by atoms with van der Waals surface area (Å²) in [6, 6.07) is 17.7. The summed E-state index contributed by atoms with van der Waals surface area (Å²) in [4.78, 5) is 16.9. The number of halogens is 3. The number of nitrogens with zero attached hydrogens (tertiary/aromatic N) is 2. The zero-order valence-electron chi connectivity index (χ0n) is 16.3. The Morgan fingerprint density at radius 1 is 0.931 bits per heavy atom. The van der Waals surface area contributed by atoms with Crippen LogP contribution in [0.1, 0.15) is 12.0 Å². The summed E-state index contributed by atoms with van der Waals surface area (Å²) in [6.45, 7) is 6.40. The molecule has 1 N–H and O–H groups in total. The maximum absolute atomic E-state index is 11.9. The number of thioether (sulfide) groups is 1. The van der Waals surface area contributed by atoms with E-state index in [2.05, 4.69) is 27.2 Å². The molecule has 1 fully saturated rings. The number of para-hydroxylation sites is 1. The highest BCUT2D eigenvalue weighted by Gasteiger charge is 2.16. The molecule has 0 aliphatic carbocycles. The van der Waals surface area contributed by atoms with Crippen LogP contribution in [0.2, 0.25) is 5.02 Å². The number of carbonyl (C=O) groups excluding carboxylic acids is 1. The maximum atomic E-state index is 11.9. The molecule has 0 aromatic heterocycles. The van der Waals surface area contributed by atoms with Crippen molar-refractivity contribution in [1.82, 2.24) is 9.80 Å². The van der Waals surface area contributed by atoms with Gasteiger partial charge in [-0.25, -0.2) is 0 Å². The molecule has 0 unspecified atom stereocenters. The van der Waals surface area contributed by atoms with Gasteiger partial charge in [0.2, 0.25) is 0 Å². The van der Waals surface area contributed by atoms with Crippen molar-refractivity contribution in [2.75, 3.05) is 43.8 Å². The Labute approximate surface area is 195 Å². The van der Waals surface area contributed by atoms with Gasteiger partial charge in [-0.05, 0) is 42.8 Å². The molecule has 8 heteroatoms. The van der Waals surface area contributed by atoms with Crippen LogP contribution in [0.3, 0.4) is 0 Å². The van der Waals surface area contributed by atoms with E-state index in [0.717, 1.165) is 62.2 Å². The van der Waals surface area contributed by atoms with Gasteiger partial charge in [0, 0.05) is 49.2 Å². The van der Waals surface area contributed by atoms with Gasteiger partial charge in [0.25, 0.3) is 5.24 Å². The van der Waals surface area contributed by atoms with Gasteiger partial charge in [-0.1, -0.05) is 53.7 Å². The normalized spacial score (nSPS) is 14.5. The van der Waals surface area contributed by atoms with Crippen molar-refractivity contribution < 1.29 is 4.79 Å². The topological polar surface area (TPSA) is 35.6 Å². The summed E-state index contributed by atoms with van der Waals surface area (Å²) in [6.07, 6.45) is 1.03. The minimum Gasteiger partial charge on any atom is -0.317 e. The Kier molecular flexibility index (Phi) is 12.7. The molecule has 1 saturated heterocycles. The Balaban J connectivity index is 0.00000210. The SMILES string of the molecule is Cl.Cl.O=C(Nc1ccccc1)SCCCN1CCN(Cc2ccc(Cl)cc2)CC1. The minimum absolute atomic E-state index is 0. The molecular weight excluding hydrogens is 449 g/mol. The van der Waals surface area contributed by atoms with E-state index in [-0.39, 0.29) is 30.1 Å². The lowest BCUT2D eigenvalue weighted by Gasteiger charge is -2.34. The Morgan fingerprint density at radius 2 is 1.55 bits per heavy atom. The Morgan fingerprint density at radius 3 is 2.21 bits per heavy atom. The lowest BCUT2D eigenvalue weighted by Crippen LogP contribution is -2.46. The third kappa shape index (κ3) is 9.60. The lowest BCUT2D eigenvalue weighted by molar-refractivity contribution is 0.127. The van der Waals surface area contributed by atoms with Crippen LogP contribution in [-0.2, 0) is 6.54 Å². The molecule has 0 spiro atoms. The van der Waals surface area contributed by atoms with Crippen LogP contribution < -0.4 is 5.32 Å². The van der Waals surface area contributed by atoms with Crippen LogP contribution in [0.15, 0.2) is 54.6 Å². The number of anilines is 1. The standard InChI is InChI=1S/C21H26ClN3OS.2ClH/c22-19-9-7-18(8-10-19)17-25-14-12-24(13-15-25)11-4-16-27-21(26)23-20-5-2-1-3-6-20;;/h1-3,5-10H,4,11-17H2,(H,23,26);2*1H. The summed E-state index contributed by atoms with van der Waals surface area (Å²) in [5, 5.41) is 3.72. The average molecular weight is 477 g/mol. The predicted molar refractivity (Wildman–Crippen MR) is 130 cm³/mol. The summed E-state index contributed by atoms with van der Waals surface area (Å²) >= 11 is 7.31. The Bertz CT molecular complexity index is 711. The number of amides is 1. The fourth-order valence-corrected chi connectivity index (χ4v) is 3.92. The second kappa shape index (κ2) is 14.1. The quantitative estimate of drug-likeness (QED) is 0.523. The van der Waals surface area contributed by atoms with Crippen LogP contribution in [-0.4, -0.2) is 53.5 Å². The van der Waals surface area contributed by atoms with Crippen molar-refractivity contribution >= 4 is 59.1 Å². The predicted octanol–water partition coefficient (Wildman–Crippen LogP) is 5.66. The van der Waals surface area contributed by atoms with E-state index in [1.807, 2.05) is 42.5 Å². The van der Waals surface area contributed by atoms with E-state index in [0.29, 0.717) is 0 Å². The number of benzene rings is 2. The fourth-order valence-electron chi connectivity index (χ4n) is 3.15. The number of nitrogens with one attached hydrogen (secondary N) is 1. The smallest absolute Gasteiger partial charge is 0.283 e.